The number of carbonyl (C=O) groups is 1. The second-order valence-corrected chi connectivity index (χ2v) is 6.68. The van der Waals surface area contributed by atoms with Crippen LogP contribution < -0.4 is 15.4 Å². The first-order valence-electron chi connectivity index (χ1n) is 8.19. The Morgan fingerprint density at radius 2 is 1.96 bits per heavy atom. The predicted molar refractivity (Wildman–Crippen MR) is 111 cm³/mol. The molecule has 0 atom stereocenters. The van der Waals surface area contributed by atoms with Crippen LogP contribution in [0.2, 0.25) is 0 Å². The smallest absolute Gasteiger partial charge is 0.257 e. The van der Waals surface area contributed by atoms with Crippen LogP contribution in [0.3, 0.4) is 0 Å². The van der Waals surface area contributed by atoms with Crippen molar-refractivity contribution >= 4 is 44.9 Å². The number of nitrogens with one attached hydrogen (secondary N) is 2. The van der Waals surface area contributed by atoms with Crippen molar-refractivity contribution in [1.29, 1.82) is 0 Å². The van der Waals surface area contributed by atoms with Gasteiger partial charge in [0, 0.05) is 16.6 Å². The molecule has 0 unspecified atom stereocenters. The van der Waals surface area contributed by atoms with Crippen molar-refractivity contribution in [2.45, 2.75) is 13.8 Å². The molecule has 0 saturated heterocycles. The van der Waals surface area contributed by atoms with Gasteiger partial charge in [-0.3, -0.25) is 10.1 Å². The summed E-state index contributed by atoms with van der Waals surface area (Å²) in [5.74, 6) is 0.361. The van der Waals surface area contributed by atoms with Gasteiger partial charge in [0.15, 0.2) is 5.11 Å². The highest BCUT2D eigenvalue weighted by Crippen LogP contribution is 2.23. The van der Waals surface area contributed by atoms with Crippen LogP contribution in [0.1, 0.15) is 22.8 Å². The van der Waals surface area contributed by atoms with Crippen molar-refractivity contribution in [3.8, 4) is 5.75 Å². The molecule has 0 aliphatic rings. The minimum Gasteiger partial charge on any atom is -0.489 e. The molecule has 0 radical (unpaired) electrons. The lowest BCUT2D eigenvalue weighted by Crippen LogP contribution is -2.34. The molecular weight excluding hydrogens is 416 g/mol. The zero-order chi connectivity index (χ0) is 18.9. The molecule has 7 heteroatoms. The summed E-state index contributed by atoms with van der Waals surface area (Å²) in [5, 5.41) is 5.88. The van der Waals surface area contributed by atoms with E-state index in [2.05, 4.69) is 26.6 Å². The van der Waals surface area contributed by atoms with E-state index in [1.54, 1.807) is 12.1 Å². The van der Waals surface area contributed by atoms with Crippen molar-refractivity contribution in [2.75, 3.05) is 25.1 Å². The Kier molecular flexibility index (Phi) is 8.03. The first kappa shape index (κ1) is 20.4. The molecule has 138 valence electrons. The largest absolute Gasteiger partial charge is 0.489 e. The lowest BCUT2D eigenvalue weighted by atomic mass is 10.1. The molecule has 0 bridgehead atoms. The highest BCUT2D eigenvalue weighted by atomic mass is 79.9. The molecule has 0 aliphatic heterocycles. The molecule has 0 fully saturated rings. The second kappa shape index (κ2) is 10.3. The van der Waals surface area contributed by atoms with Crippen molar-refractivity contribution in [3.05, 3.63) is 58.1 Å². The summed E-state index contributed by atoms with van der Waals surface area (Å²) in [5.41, 5.74) is 2.26. The van der Waals surface area contributed by atoms with Crippen LogP contribution in [0.5, 0.6) is 5.75 Å². The van der Waals surface area contributed by atoms with Crippen LogP contribution in [0.15, 0.2) is 46.9 Å². The molecule has 0 spiro atoms. The Bertz CT molecular complexity index is 783. The lowest BCUT2D eigenvalue weighted by Gasteiger charge is -2.14. The monoisotopic (exact) mass is 436 g/mol. The fourth-order valence-electron chi connectivity index (χ4n) is 2.11. The predicted octanol–water partition coefficient (Wildman–Crippen LogP) is 4.30. The maximum atomic E-state index is 12.3. The van der Waals surface area contributed by atoms with Gasteiger partial charge in [0.2, 0.25) is 0 Å². The summed E-state index contributed by atoms with van der Waals surface area (Å²) in [6.07, 6.45) is 0. The first-order chi connectivity index (χ1) is 12.5. The molecule has 2 aromatic carbocycles. The average molecular weight is 437 g/mol. The maximum absolute atomic E-state index is 12.3. The van der Waals surface area contributed by atoms with Gasteiger partial charge in [-0.15, -0.1) is 0 Å². The summed E-state index contributed by atoms with van der Waals surface area (Å²) in [6.45, 7) is 5.48. The number of aryl methyl sites for hydroxylation is 1. The van der Waals surface area contributed by atoms with Crippen LogP contribution in [-0.2, 0) is 4.74 Å². The number of halogens is 1. The third kappa shape index (κ3) is 6.09. The molecule has 0 aromatic heterocycles. The number of para-hydroxylation sites is 2. The van der Waals surface area contributed by atoms with E-state index in [9.17, 15) is 4.79 Å². The molecule has 26 heavy (non-hydrogen) atoms. The van der Waals surface area contributed by atoms with Gasteiger partial charge in [-0.25, -0.2) is 0 Å². The lowest BCUT2D eigenvalue weighted by molar-refractivity contribution is 0.0977. The van der Waals surface area contributed by atoms with E-state index in [0.29, 0.717) is 36.8 Å². The van der Waals surface area contributed by atoms with Crippen molar-refractivity contribution < 1.29 is 14.3 Å². The van der Waals surface area contributed by atoms with Crippen molar-refractivity contribution in [1.82, 2.24) is 5.32 Å². The number of ether oxygens (including phenoxy) is 2. The third-order valence-corrected chi connectivity index (χ3v) is 4.54. The average Bonchev–Trinajstić information content (AvgIpc) is 2.62. The van der Waals surface area contributed by atoms with E-state index < -0.39 is 0 Å². The quantitative estimate of drug-likeness (QED) is 0.500. The van der Waals surface area contributed by atoms with Crippen LogP contribution >= 0.6 is 28.1 Å². The van der Waals surface area contributed by atoms with E-state index in [0.717, 1.165) is 10.0 Å². The third-order valence-electron chi connectivity index (χ3n) is 3.49. The van der Waals surface area contributed by atoms with Gasteiger partial charge in [-0.1, -0.05) is 34.1 Å². The van der Waals surface area contributed by atoms with E-state index in [4.69, 9.17) is 21.7 Å². The maximum Gasteiger partial charge on any atom is 0.257 e. The van der Waals surface area contributed by atoms with Gasteiger partial charge >= 0.3 is 0 Å². The second-order valence-electron chi connectivity index (χ2n) is 5.41. The topological polar surface area (TPSA) is 59.6 Å². The number of hydrogen-bond acceptors (Lipinski definition) is 4. The molecule has 2 aromatic rings. The highest BCUT2D eigenvalue weighted by Gasteiger charge is 2.11. The van der Waals surface area contributed by atoms with Crippen molar-refractivity contribution in [3.63, 3.8) is 0 Å². The van der Waals surface area contributed by atoms with E-state index in [-0.39, 0.29) is 11.0 Å². The molecule has 0 aliphatic carbocycles. The Morgan fingerprint density at radius 1 is 1.19 bits per heavy atom. The van der Waals surface area contributed by atoms with Crippen LogP contribution in [0.25, 0.3) is 0 Å². The SMILES string of the molecule is CCOCCOc1ccccc1NC(=S)NC(=O)c1ccc(C)c(Br)c1. The summed E-state index contributed by atoms with van der Waals surface area (Å²) >= 11 is 8.67. The van der Waals surface area contributed by atoms with Crippen LogP contribution in [-0.4, -0.2) is 30.8 Å². The van der Waals surface area contributed by atoms with E-state index >= 15 is 0 Å². The summed E-state index contributed by atoms with van der Waals surface area (Å²) < 4.78 is 11.8. The van der Waals surface area contributed by atoms with Gasteiger partial charge in [0.25, 0.3) is 5.91 Å². The van der Waals surface area contributed by atoms with E-state index in [1.807, 2.05) is 44.2 Å². The number of rotatable bonds is 7. The molecule has 0 heterocycles. The summed E-state index contributed by atoms with van der Waals surface area (Å²) in [7, 11) is 0. The first-order valence-corrected chi connectivity index (χ1v) is 9.39. The number of anilines is 1. The fraction of sp³-hybridized carbons (Fsp3) is 0.263. The van der Waals surface area contributed by atoms with Gasteiger partial charge in [-0.2, -0.15) is 0 Å². The molecule has 0 saturated carbocycles. The Morgan fingerprint density at radius 3 is 2.69 bits per heavy atom. The number of amides is 1. The zero-order valence-corrected chi connectivity index (χ0v) is 17.1. The van der Waals surface area contributed by atoms with Crippen LogP contribution in [0, 0.1) is 6.92 Å². The van der Waals surface area contributed by atoms with Gasteiger partial charge in [0.1, 0.15) is 12.4 Å². The molecule has 2 rings (SSSR count). The summed E-state index contributed by atoms with van der Waals surface area (Å²) in [6, 6.07) is 12.8. The number of thiocarbonyl (C=S) groups is 1. The Hall–Kier alpha value is -1.96. The number of carbonyl (C=O) groups excluding carboxylic acids is 1. The Balaban J connectivity index is 1.96. The minimum atomic E-state index is -0.280. The van der Waals surface area contributed by atoms with Crippen molar-refractivity contribution in [2.24, 2.45) is 0 Å². The van der Waals surface area contributed by atoms with Crippen LogP contribution in [0.4, 0.5) is 5.69 Å². The standard InChI is InChI=1S/C19H21BrN2O3S/c1-3-24-10-11-25-17-7-5-4-6-16(17)21-19(26)22-18(23)14-9-8-13(2)15(20)12-14/h4-9,12H,3,10-11H2,1-2H3,(H2,21,22,23,26). The minimum absolute atomic E-state index is 0.201. The fourth-order valence-corrected chi connectivity index (χ4v) is 2.70. The molecular formula is C19H21BrN2O3S. The highest BCUT2D eigenvalue weighted by molar-refractivity contribution is 9.10. The Labute approximate surface area is 167 Å². The normalized spacial score (nSPS) is 10.3. The van der Waals surface area contributed by atoms with Gasteiger partial charge < -0.3 is 14.8 Å². The molecule has 2 N–H and O–H groups in total. The molecule has 1 amide bonds. The van der Waals surface area contributed by atoms with E-state index in [1.165, 1.54) is 0 Å². The molecule has 5 nitrogen and oxygen atoms in total. The zero-order valence-electron chi connectivity index (χ0n) is 14.7. The van der Waals surface area contributed by atoms with Gasteiger partial charge in [-0.05, 0) is 55.9 Å². The number of benzene rings is 2. The number of hydrogen-bond donors (Lipinski definition) is 2. The summed E-state index contributed by atoms with van der Waals surface area (Å²) in [4.78, 5) is 12.3. The van der Waals surface area contributed by atoms with Gasteiger partial charge in [0.05, 0.1) is 12.3 Å².